The minimum atomic E-state index is -0.644. The van der Waals surface area contributed by atoms with Gasteiger partial charge in [0.1, 0.15) is 11.6 Å². The Morgan fingerprint density at radius 2 is 2.05 bits per heavy atom. The van der Waals surface area contributed by atoms with Crippen molar-refractivity contribution < 1.29 is 14.3 Å². The molecule has 0 aromatic heterocycles. The van der Waals surface area contributed by atoms with Gasteiger partial charge in [-0.1, -0.05) is 13.3 Å². The fraction of sp³-hybridized carbons (Fsp3) is 0.875. The number of nitrogens with one attached hydrogen (secondary N) is 1. The molecule has 1 saturated heterocycles. The van der Waals surface area contributed by atoms with E-state index in [9.17, 15) is 9.59 Å². The van der Waals surface area contributed by atoms with Crippen molar-refractivity contribution in [1.29, 1.82) is 0 Å². The van der Waals surface area contributed by atoms with Gasteiger partial charge in [-0.15, -0.1) is 0 Å². The largest absolute Gasteiger partial charge is 0.385 e. The molecular formula is C16H28N2O3. The average Bonchev–Trinajstić information content (AvgIpc) is 3.29. The van der Waals surface area contributed by atoms with Crippen molar-refractivity contribution in [1.82, 2.24) is 10.2 Å². The highest BCUT2D eigenvalue weighted by molar-refractivity contribution is 6.00. The number of rotatable bonds is 8. The molecule has 1 heterocycles. The molecule has 1 aliphatic carbocycles. The summed E-state index contributed by atoms with van der Waals surface area (Å²) >= 11 is 0. The van der Waals surface area contributed by atoms with Crippen molar-refractivity contribution in [2.75, 3.05) is 20.3 Å². The zero-order valence-electron chi connectivity index (χ0n) is 13.5. The Hall–Kier alpha value is -1.10. The van der Waals surface area contributed by atoms with E-state index in [1.807, 2.05) is 18.7 Å². The van der Waals surface area contributed by atoms with Gasteiger partial charge in [-0.3, -0.25) is 9.59 Å². The molecule has 2 unspecified atom stereocenters. The van der Waals surface area contributed by atoms with Crippen molar-refractivity contribution in [2.24, 2.45) is 5.92 Å². The van der Waals surface area contributed by atoms with Crippen molar-refractivity contribution in [2.45, 2.75) is 64.0 Å². The summed E-state index contributed by atoms with van der Waals surface area (Å²) in [5, 5.41) is 2.96. The van der Waals surface area contributed by atoms with Crippen molar-refractivity contribution in [3.63, 3.8) is 0 Å². The van der Waals surface area contributed by atoms with Crippen LogP contribution in [-0.4, -0.2) is 48.6 Å². The highest BCUT2D eigenvalue weighted by Crippen LogP contribution is 2.45. The van der Waals surface area contributed by atoms with Crippen LogP contribution in [0, 0.1) is 5.92 Å². The van der Waals surface area contributed by atoms with E-state index in [1.165, 1.54) is 0 Å². The summed E-state index contributed by atoms with van der Waals surface area (Å²) in [5.74, 6) is 0.463. The third-order valence-corrected chi connectivity index (χ3v) is 4.82. The standard InChI is InChI=1S/C16H28N2O3/c1-4-7-13-14(19)18(10-5-6-11-21-3)16(2,12-8-9-12)15(20)17-13/h12-13H,4-11H2,1-3H3,(H,17,20). The Balaban J connectivity index is 2.10. The first-order valence-electron chi connectivity index (χ1n) is 8.17. The molecule has 1 aliphatic heterocycles. The normalized spacial score (nSPS) is 29.7. The number of hydrogen-bond acceptors (Lipinski definition) is 3. The molecule has 2 amide bonds. The molecule has 2 atom stereocenters. The van der Waals surface area contributed by atoms with Crippen LogP contribution in [0.25, 0.3) is 0 Å². The molecule has 0 bridgehead atoms. The molecule has 5 heteroatoms. The fourth-order valence-electron chi connectivity index (χ4n) is 3.30. The molecule has 1 N–H and O–H groups in total. The second-order valence-corrected chi connectivity index (χ2v) is 6.43. The molecule has 2 rings (SSSR count). The monoisotopic (exact) mass is 296 g/mol. The quantitative estimate of drug-likeness (QED) is 0.694. The van der Waals surface area contributed by atoms with Gasteiger partial charge in [0.2, 0.25) is 11.8 Å². The highest BCUT2D eigenvalue weighted by Gasteiger charge is 2.56. The van der Waals surface area contributed by atoms with E-state index in [1.54, 1.807) is 7.11 Å². The summed E-state index contributed by atoms with van der Waals surface area (Å²) in [5.41, 5.74) is -0.644. The van der Waals surface area contributed by atoms with Crippen LogP contribution < -0.4 is 5.32 Å². The number of carbonyl (C=O) groups is 2. The Labute approximate surface area is 127 Å². The van der Waals surface area contributed by atoms with Crippen LogP contribution in [0.15, 0.2) is 0 Å². The predicted octanol–water partition coefficient (Wildman–Crippen LogP) is 1.71. The predicted molar refractivity (Wildman–Crippen MR) is 80.8 cm³/mol. The van der Waals surface area contributed by atoms with Crippen LogP contribution in [0.5, 0.6) is 0 Å². The van der Waals surface area contributed by atoms with Gasteiger partial charge in [-0.25, -0.2) is 0 Å². The maximum atomic E-state index is 12.8. The maximum absolute atomic E-state index is 12.8. The van der Waals surface area contributed by atoms with Gasteiger partial charge in [0.25, 0.3) is 0 Å². The second kappa shape index (κ2) is 6.77. The summed E-state index contributed by atoms with van der Waals surface area (Å²) < 4.78 is 5.07. The zero-order valence-corrected chi connectivity index (χ0v) is 13.5. The summed E-state index contributed by atoms with van der Waals surface area (Å²) in [6.07, 6.45) is 5.51. The molecular weight excluding hydrogens is 268 g/mol. The molecule has 2 fully saturated rings. The summed E-state index contributed by atoms with van der Waals surface area (Å²) in [6, 6.07) is -0.336. The Morgan fingerprint density at radius 3 is 2.62 bits per heavy atom. The van der Waals surface area contributed by atoms with Gasteiger partial charge >= 0.3 is 0 Å². The maximum Gasteiger partial charge on any atom is 0.246 e. The molecule has 0 radical (unpaired) electrons. The Morgan fingerprint density at radius 1 is 1.33 bits per heavy atom. The van der Waals surface area contributed by atoms with Crippen molar-refractivity contribution in [3.05, 3.63) is 0 Å². The van der Waals surface area contributed by atoms with Crippen LogP contribution in [0.1, 0.15) is 52.4 Å². The van der Waals surface area contributed by atoms with Gasteiger partial charge in [0.05, 0.1) is 0 Å². The number of hydrogen-bond donors (Lipinski definition) is 1. The first kappa shape index (κ1) is 16.3. The van der Waals surface area contributed by atoms with Crippen LogP contribution in [0.3, 0.4) is 0 Å². The lowest BCUT2D eigenvalue weighted by Crippen LogP contribution is -2.70. The van der Waals surface area contributed by atoms with E-state index in [4.69, 9.17) is 4.74 Å². The van der Waals surface area contributed by atoms with E-state index < -0.39 is 5.54 Å². The molecule has 0 aromatic rings. The minimum Gasteiger partial charge on any atom is -0.385 e. The lowest BCUT2D eigenvalue weighted by Gasteiger charge is -2.47. The summed E-state index contributed by atoms with van der Waals surface area (Å²) in [4.78, 5) is 27.2. The molecule has 0 aromatic carbocycles. The average molecular weight is 296 g/mol. The van der Waals surface area contributed by atoms with Crippen molar-refractivity contribution >= 4 is 11.8 Å². The third kappa shape index (κ3) is 3.23. The molecule has 21 heavy (non-hydrogen) atoms. The topological polar surface area (TPSA) is 58.6 Å². The first-order chi connectivity index (χ1) is 10.1. The number of piperazine rings is 1. The van der Waals surface area contributed by atoms with Crippen molar-refractivity contribution in [3.8, 4) is 0 Å². The first-order valence-corrected chi connectivity index (χ1v) is 8.17. The van der Waals surface area contributed by atoms with Crippen LogP contribution >= 0.6 is 0 Å². The highest BCUT2D eigenvalue weighted by atomic mass is 16.5. The Kier molecular flexibility index (Phi) is 5.25. The number of carbonyl (C=O) groups excluding carboxylic acids is 2. The van der Waals surface area contributed by atoms with Gasteiger partial charge in [-0.05, 0) is 44.9 Å². The number of nitrogens with zero attached hydrogens (tertiary/aromatic N) is 1. The van der Waals surface area contributed by atoms with Gasteiger partial charge in [0, 0.05) is 20.3 Å². The molecule has 5 nitrogen and oxygen atoms in total. The van der Waals surface area contributed by atoms with E-state index in [2.05, 4.69) is 5.32 Å². The minimum absolute atomic E-state index is 0.0368. The smallest absolute Gasteiger partial charge is 0.246 e. The molecule has 1 saturated carbocycles. The second-order valence-electron chi connectivity index (χ2n) is 6.43. The third-order valence-electron chi connectivity index (χ3n) is 4.82. The summed E-state index contributed by atoms with van der Waals surface area (Å²) in [6.45, 7) is 5.34. The van der Waals surface area contributed by atoms with E-state index in [-0.39, 0.29) is 17.9 Å². The number of unbranched alkanes of at least 4 members (excludes halogenated alkanes) is 1. The van der Waals surface area contributed by atoms with Crippen LogP contribution in [0.4, 0.5) is 0 Å². The number of amides is 2. The molecule has 2 aliphatic rings. The number of methoxy groups -OCH3 is 1. The van der Waals surface area contributed by atoms with Crippen LogP contribution in [-0.2, 0) is 14.3 Å². The lowest BCUT2D eigenvalue weighted by molar-refractivity contribution is -0.158. The van der Waals surface area contributed by atoms with Gasteiger partial charge in [0.15, 0.2) is 0 Å². The Bertz CT molecular complexity index is 395. The number of ether oxygens (including phenoxy) is 1. The molecule has 0 spiro atoms. The van der Waals surface area contributed by atoms with E-state index in [0.29, 0.717) is 19.1 Å². The van der Waals surface area contributed by atoms with Gasteiger partial charge in [-0.2, -0.15) is 0 Å². The fourth-order valence-corrected chi connectivity index (χ4v) is 3.30. The van der Waals surface area contributed by atoms with E-state index >= 15 is 0 Å². The zero-order chi connectivity index (χ0) is 15.5. The lowest BCUT2D eigenvalue weighted by atomic mass is 9.87. The van der Waals surface area contributed by atoms with E-state index in [0.717, 1.165) is 38.5 Å². The van der Waals surface area contributed by atoms with Crippen LogP contribution in [0.2, 0.25) is 0 Å². The van der Waals surface area contributed by atoms with Gasteiger partial charge < -0.3 is 15.0 Å². The SMILES string of the molecule is CCCC1NC(=O)C(C)(C2CC2)N(CCCCOC)C1=O. The summed E-state index contributed by atoms with van der Waals surface area (Å²) in [7, 11) is 1.69. The molecule has 120 valence electrons.